The van der Waals surface area contributed by atoms with Crippen molar-refractivity contribution in [2.75, 3.05) is 6.54 Å². The summed E-state index contributed by atoms with van der Waals surface area (Å²) in [5.41, 5.74) is 0.608. The molecule has 2 N–H and O–H groups in total. The Morgan fingerprint density at radius 3 is 2.35 bits per heavy atom. The Hall–Kier alpha value is -3.52. The van der Waals surface area contributed by atoms with Gasteiger partial charge in [0.1, 0.15) is 11.8 Å². The summed E-state index contributed by atoms with van der Waals surface area (Å²) >= 11 is 6.07. The predicted octanol–water partition coefficient (Wildman–Crippen LogP) is 4.08. The Balaban J connectivity index is 1.60. The van der Waals surface area contributed by atoms with Gasteiger partial charge in [0.05, 0.1) is 25.6 Å². The number of amides is 3. The molecule has 1 aromatic carbocycles. The summed E-state index contributed by atoms with van der Waals surface area (Å²) in [6.45, 7) is -0.269. The predicted molar refractivity (Wildman–Crippen MR) is 125 cm³/mol. The average Bonchev–Trinajstić information content (AvgIpc) is 3.62. The van der Waals surface area contributed by atoms with Gasteiger partial charge in [-0.2, -0.15) is 0 Å². The van der Waals surface area contributed by atoms with E-state index >= 15 is 0 Å². The number of halogens is 1. The SMILES string of the molecule is O=C(NCC(=O)N(Cc1ccco1)[C@H](C(=O)NC1CCCC1)c1ccc(Cl)cc1)c1ccco1. The van der Waals surface area contributed by atoms with Crippen LogP contribution in [0.3, 0.4) is 0 Å². The van der Waals surface area contributed by atoms with Crippen molar-refractivity contribution < 1.29 is 23.2 Å². The van der Waals surface area contributed by atoms with Crippen LogP contribution in [0.4, 0.5) is 0 Å². The number of hydrogen-bond donors (Lipinski definition) is 2. The molecule has 0 unspecified atom stereocenters. The lowest BCUT2D eigenvalue weighted by molar-refractivity contribution is -0.141. The molecule has 0 aliphatic heterocycles. The van der Waals surface area contributed by atoms with Crippen LogP contribution in [0.1, 0.15) is 53.6 Å². The minimum atomic E-state index is -0.934. The third-order valence-electron chi connectivity index (χ3n) is 5.82. The van der Waals surface area contributed by atoms with E-state index in [1.807, 2.05) is 0 Å². The summed E-state index contributed by atoms with van der Waals surface area (Å²) in [4.78, 5) is 40.6. The fourth-order valence-corrected chi connectivity index (χ4v) is 4.24. The molecule has 0 bridgehead atoms. The van der Waals surface area contributed by atoms with Crippen LogP contribution in [0.15, 0.2) is 69.9 Å². The third-order valence-corrected chi connectivity index (χ3v) is 6.07. The van der Waals surface area contributed by atoms with E-state index < -0.39 is 17.9 Å². The highest BCUT2D eigenvalue weighted by atomic mass is 35.5. The van der Waals surface area contributed by atoms with Crippen molar-refractivity contribution >= 4 is 29.3 Å². The molecule has 1 aliphatic carbocycles. The van der Waals surface area contributed by atoms with Gasteiger partial charge in [0.15, 0.2) is 5.76 Å². The van der Waals surface area contributed by atoms with Gasteiger partial charge in [0.2, 0.25) is 11.8 Å². The molecule has 9 heteroatoms. The summed E-state index contributed by atoms with van der Waals surface area (Å²) in [6, 6.07) is 12.5. The van der Waals surface area contributed by atoms with Crippen molar-refractivity contribution in [1.82, 2.24) is 15.5 Å². The van der Waals surface area contributed by atoms with Crippen molar-refractivity contribution in [1.29, 1.82) is 0 Å². The molecule has 4 rings (SSSR count). The molecule has 0 spiro atoms. The Bertz CT molecular complexity index is 1090. The summed E-state index contributed by atoms with van der Waals surface area (Å²) in [5.74, 6) is -0.643. The molecular weight excluding hydrogens is 458 g/mol. The first kappa shape index (κ1) is 23.6. The number of furan rings is 2. The largest absolute Gasteiger partial charge is 0.467 e. The van der Waals surface area contributed by atoms with Gasteiger partial charge in [-0.1, -0.05) is 36.6 Å². The van der Waals surface area contributed by atoms with Gasteiger partial charge in [-0.15, -0.1) is 0 Å². The Kier molecular flexibility index (Phi) is 7.69. The fraction of sp³-hybridized carbons (Fsp3) is 0.320. The fourth-order valence-electron chi connectivity index (χ4n) is 4.11. The molecular formula is C25H26ClN3O5. The lowest BCUT2D eigenvalue weighted by Gasteiger charge is -2.32. The molecule has 1 fully saturated rings. The minimum Gasteiger partial charge on any atom is -0.467 e. The third kappa shape index (κ3) is 5.88. The normalized spacial score (nSPS) is 14.5. The van der Waals surface area contributed by atoms with Gasteiger partial charge in [-0.25, -0.2) is 0 Å². The summed E-state index contributed by atoms with van der Waals surface area (Å²) in [5, 5.41) is 6.18. The van der Waals surface area contributed by atoms with Gasteiger partial charge >= 0.3 is 0 Å². The monoisotopic (exact) mass is 483 g/mol. The number of carbonyl (C=O) groups excluding carboxylic acids is 3. The molecule has 8 nitrogen and oxygen atoms in total. The quantitative estimate of drug-likeness (QED) is 0.477. The van der Waals surface area contributed by atoms with Crippen molar-refractivity contribution in [3.63, 3.8) is 0 Å². The van der Waals surface area contributed by atoms with Crippen LogP contribution in [0.25, 0.3) is 0 Å². The van der Waals surface area contributed by atoms with E-state index in [2.05, 4.69) is 10.6 Å². The number of rotatable bonds is 9. The lowest BCUT2D eigenvalue weighted by Crippen LogP contribution is -2.48. The van der Waals surface area contributed by atoms with Crippen LogP contribution >= 0.6 is 11.6 Å². The number of hydrogen-bond acceptors (Lipinski definition) is 5. The van der Waals surface area contributed by atoms with E-state index in [9.17, 15) is 14.4 Å². The highest BCUT2D eigenvalue weighted by Gasteiger charge is 2.34. The second-order valence-corrected chi connectivity index (χ2v) is 8.64. The van der Waals surface area contributed by atoms with Gasteiger partial charge < -0.3 is 24.4 Å². The van der Waals surface area contributed by atoms with E-state index in [1.165, 1.54) is 23.5 Å². The molecule has 34 heavy (non-hydrogen) atoms. The standard InChI is InChI=1S/C25H26ClN3O5/c26-18-11-9-17(10-12-18)23(25(32)28-19-5-1-2-6-19)29(16-20-7-3-13-33-20)22(30)15-27-24(31)21-8-4-14-34-21/h3-4,7-14,19,23H,1-2,5-6,15-16H2,(H,27,31)(H,28,32)/t23-/m0/s1. The van der Waals surface area contributed by atoms with E-state index in [4.69, 9.17) is 20.4 Å². The van der Waals surface area contributed by atoms with Gasteiger partial charge in [-0.3, -0.25) is 14.4 Å². The van der Waals surface area contributed by atoms with E-state index in [0.29, 0.717) is 16.3 Å². The first-order chi connectivity index (χ1) is 16.5. The summed E-state index contributed by atoms with van der Waals surface area (Å²) in [6.07, 6.45) is 6.82. The zero-order valence-corrected chi connectivity index (χ0v) is 19.3. The molecule has 1 saturated carbocycles. The summed E-state index contributed by atoms with van der Waals surface area (Å²) < 4.78 is 10.6. The molecule has 0 saturated heterocycles. The zero-order chi connectivity index (χ0) is 23.9. The van der Waals surface area contributed by atoms with Gasteiger partial charge in [0.25, 0.3) is 5.91 Å². The average molecular weight is 484 g/mol. The Morgan fingerprint density at radius 2 is 1.71 bits per heavy atom. The van der Waals surface area contributed by atoms with Crippen LogP contribution in [0, 0.1) is 0 Å². The maximum absolute atomic E-state index is 13.5. The van der Waals surface area contributed by atoms with Gasteiger partial charge in [0, 0.05) is 11.1 Å². The molecule has 178 valence electrons. The first-order valence-corrected chi connectivity index (χ1v) is 11.6. The number of carbonyl (C=O) groups is 3. The number of nitrogens with zero attached hydrogens (tertiary/aromatic N) is 1. The Labute approximate surface area is 202 Å². The second-order valence-electron chi connectivity index (χ2n) is 8.21. The highest BCUT2D eigenvalue weighted by Crippen LogP contribution is 2.27. The molecule has 3 amide bonds. The summed E-state index contributed by atoms with van der Waals surface area (Å²) in [7, 11) is 0. The minimum absolute atomic E-state index is 0.0494. The van der Waals surface area contributed by atoms with Crippen LogP contribution in [-0.4, -0.2) is 35.2 Å². The zero-order valence-electron chi connectivity index (χ0n) is 18.5. The van der Waals surface area contributed by atoms with Crippen LogP contribution < -0.4 is 10.6 Å². The topological polar surface area (TPSA) is 105 Å². The molecule has 3 aromatic rings. The number of benzene rings is 1. The molecule has 2 heterocycles. The van der Waals surface area contributed by atoms with Crippen LogP contribution in [-0.2, 0) is 16.1 Å². The van der Waals surface area contributed by atoms with Crippen molar-refractivity contribution in [2.24, 2.45) is 0 Å². The van der Waals surface area contributed by atoms with E-state index in [-0.39, 0.29) is 30.8 Å². The van der Waals surface area contributed by atoms with Crippen LogP contribution in [0.5, 0.6) is 0 Å². The van der Waals surface area contributed by atoms with E-state index in [0.717, 1.165) is 25.7 Å². The molecule has 0 radical (unpaired) electrons. The maximum Gasteiger partial charge on any atom is 0.287 e. The number of nitrogens with one attached hydrogen (secondary N) is 2. The second kappa shape index (κ2) is 11.1. The lowest BCUT2D eigenvalue weighted by atomic mass is 10.0. The smallest absolute Gasteiger partial charge is 0.287 e. The van der Waals surface area contributed by atoms with Crippen molar-refractivity contribution in [3.8, 4) is 0 Å². The van der Waals surface area contributed by atoms with E-state index in [1.54, 1.807) is 42.5 Å². The highest BCUT2D eigenvalue weighted by molar-refractivity contribution is 6.30. The maximum atomic E-state index is 13.5. The van der Waals surface area contributed by atoms with Gasteiger partial charge in [-0.05, 0) is 54.8 Å². The Morgan fingerprint density at radius 1 is 1.00 bits per heavy atom. The molecule has 1 atom stereocenters. The van der Waals surface area contributed by atoms with Crippen LogP contribution in [0.2, 0.25) is 5.02 Å². The molecule has 1 aliphatic rings. The van der Waals surface area contributed by atoms with Crippen molar-refractivity contribution in [2.45, 2.75) is 44.3 Å². The molecule has 2 aromatic heterocycles. The first-order valence-electron chi connectivity index (χ1n) is 11.2. The van der Waals surface area contributed by atoms with Crippen molar-refractivity contribution in [3.05, 3.63) is 83.2 Å².